The first-order valence-corrected chi connectivity index (χ1v) is 14.0. The Morgan fingerprint density at radius 2 is 1.12 bits per heavy atom. The topological polar surface area (TPSA) is 12.9 Å². The third-order valence-corrected chi connectivity index (χ3v) is 7.72. The van der Waals surface area contributed by atoms with Crippen LogP contribution < -0.4 is 0 Å². The van der Waals surface area contributed by atoms with Crippen molar-refractivity contribution in [2.75, 3.05) is 0 Å². The number of nitrogens with zero attached hydrogens (tertiary/aromatic N) is 1. The molecule has 1 radical (unpaired) electrons. The fourth-order valence-electron chi connectivity index (χ4n) is 5.67. The number of aromatic nitrogens is 1. The molecule has 0 saturated heterocycles. The summed E-state index contributed by atoms with van der Waals surface area (Å²) < 4.78 is 0. The van der Waals surface area contributed by atoms with Crippen molar-refractivity contribution >= 4 is 10.8 Å². The van der Waals surface area contributed by atoms with Crippen molar-refractivity contribution in [3.05, 3.63) is 175 Å². The Balaban J connectivity index is 0.00000316. The van der Waals surface area contributed by atoms with Crippen LogP contribution in [0.2, 0.25) is 0 Å². The van der Waals surface area contributed by atoms with Crippen molar-refractivity contribution in [2.45, 2.75) is 6.42 Å². The first-order valence-electron chi connectivity index (χ1n) is 14.0. The molecule has 0 aliphatic heterocycles. The third kappa shape index (κ3) is 5.74. The Hall–Kier alpha value is -4.62. The Kier molecular flexibility index (Phi) is 8.19. The van der Waals surface area contributed by atoms with E-state index >= 15 is 0 Å². The third-order valence-electron chi connectivity index (χ3n) is 7.72. The van der Waals surface area contributed by atoms with Crippen molar-refractivity contribution < 1.29 is 20.1 Å². The normalized spacial score (nSPS) is 10.8. The van der Waals surface area contributed by atoms with Gasteiger partial charge in [0.2, 0.25) is 0 Å². The first kappa shape index (κ1) is 27.5. The fraction of sp³-hybridized carbons (Fsp3) is 0.0250. The van der Waals surface area contributed by atoms with Crippen LogP contribution in [0.5, 0.6) is 0 Å². The summed E-state index contributed by atoms with van der Waals surface area (Å²) in [6.45, 7) is 0. The minimum Gasteiger partial charge on any atom is -0.305 e. The molecule has 7 rings (SSSR count). The van der Waals surface area contributed by atoms with Gasteiger partial charge in [-0.15, -0.1) is 35.4 Å². The van der Waals surface area contributed by atoms with Crippen molar-refractivity contribution in [1.82, 2.24) is 4.98 Å². The van der Waals surface area contributed by atoms with E-state index in [1.165, 1.54) is 49.7 Å². The molecule has 0 bridgehead atoms. The molecule has 0 aliphatic carbocycles. The molecule has 2 heteroatoms. The zero-order valence-corrected chi connectivity index (χ0v) is 25.4. The van der Waals surface area contributed by atoms with Gasteiger partial charge in [-0.2, -0.15) is 0 Å². The molecule has 203 valence electrons. The molecule has 42 heavy (non-hydrogen) atoms. The van der Waals surface area contributed by atoms with E-state index < -0.39 is 0 Å². The Bertz CT molecular complexity index is 1970. The summed E-state index contributed by atoms with van der Waals surface area (Å²) in [6, 6.07) is 57.3. The van der Waals surface area contributed by atoms with Crippen molar-refractivity contribution in [3.8, 4) is 44.6 Å². The van der Waals surface area contributed by atoms with Gasteiger partial charge in [-0.1, -0.05) is 115 Å². The Morgan fingerprint density at radius 1 is 0.500 bits per heavy atom. The molecule has 0 aliphatic rings. The molecule has 0 N–H and O–H groups in total. The monoisotopic (exact) mass is 715 g/mol. The number of benzene rings is 6. The number of hydrogen-bond acceptors (Lipinski definition) is 1. The molecule has 7 aromatic rings. The predicted molar refractivity (Wildman–Crippen MR) is 172 cm³/mol. The van der Waals surface area contributed by atoms with Crippen LogP contribution in [-0.4, -0.2) is 4.98 Å². The van der Waals surface area contributed by atoms with Gasteiger partial charge in [0, 0.05) is 26.3 Å². The van der Waals surface area contributed by atoms with Gasteiger partial charge in [0.1, 0.15) is 0 Å². The molecular formula is C40H28IrN-. The van der Waals surface area contributed by atoms with E-state index in [2.05, 4.69) is 138 Å². The average Bonchev–Trinajstić information content (AvgIpc) is 3.06. The van der Waals surface area contributed by atoms with Crippen LogP contribution in [0.4, 0.5) is 0 Å². The van der Waals surface area contributed by atoms with Crippen LogP contribution in [0.15, 0.2) is 158 Å². The minimum absolute atomic E-state index is 0. The Labute approximate surface area is 260 Å². The summed E-state index contributed by atoms with van der Waals surface area (Å²) in [5, 5.41) is 2.60. The van der Waals surface area contributed by atoms with Crippen LogP contribution in [0.25, 0.3) is 55.4 Å². The van der Waals surface area contributed by atoms with Crippen molar-refractivity contribution in [2.24, 2.45) is 0 Å². The van der Waals surface area contributed by atoms with Gasteiger partial charge in [0.25, 0.3) is 0 Å². The van der Waals surface area contributed by atoms with Crippen molar-refractivity contribution in [1.29, 1.82) is 0 Å². The number of fused-ring (bicyclic) bond motifs is 1. The molecular weight excluding hydrogens is 687 g/mol. The van der Waals surface area contributed by atoms with Crippen LogP contribution in [0, 0.1) is 6.07 Å². The van der Waals surface area contributed by atoms with E-state index in [1.54, 1.807) is 0 Å². The van der Waals surface area contributed by atoms with Crippen LogP contribution in [-0.2, 0) is 26.5 Å². The summed E-state index contributed by atoms with van der Waals surface area (Å²) >= 11 is 0. The summed E-state index contributed by atoms with van der Waals surface area (Å²) in [5.41, 5.74) is 11.9. The van der Waals surface area contributed by atoms with E-state index in [0.29, 0.717) is 0 Å². The molecule has 0 spiro atoms. The zero-order valence-electron chi connectivity index (χ0n) is 23.0. The summed E-state index contributed by atoms with van der Waals surface area (Å²) in [4.78, 5) is 4.50. The largest absolute Gasteiger partial charge is 0.305 e. The van der Waals surface area contributed by atoms with Gasteiger partial charge in [-0.3, -0.25) is 0 Å². The maximum Gasteiger partial charge on any atom is 0.0160 e. The number of hydrogen-bond donors (Lipinski definition) is 0. The van der Waals surface area contributed by atoms with Crippen LogP contribution >= 0.6 is 0 Å². The SMILES string of the molecule is [Ir].[c-]1ccc(-c2cccc(-c3cccc(-c4ccccc4Cc4cccc5ccccc45)c3)c2)cc1-c1ccccn1. The van der Waals surface area contributed by atoms with E-state index in [-0.39, 0.29) is 20.1 Å². The van der Waals surface area contributed by atoms with E-state index in [4.69, 9.17) is 0 Å². The number of rotatable bonds is 6. The van der Waals surface area contributed by atoms with E-state index in [1.807, 2.05) is 30.5 Å². The second-order valence-electron chi connectivity index (χ2n) is 10.3. The van der Waals surface area contributed by atoms with Crippen LogP contribution in [0.1, 0.15) is 11.1 Å². The van der Waals surface area contributed by atoms with Crippen molar-refractivity contribution in [3.63, 3.8) is 0 Å². The van der Waals surface area contributed by atoms with Gasteiger partial charge in [-0.05, 0) is 80.0 Å². The molecule has 0 saturated carbocycles. The van der Waals surface area contributed by atoms with Crippen LogP contribution in [0.3, 0.4) is 0 Å². The molecule has 0 unspecified atom stereocenters. The van der Waals surface area contributed by atoms with Gasteiger partial charge in [0.15, 0.2) is 0 Å². The standard InChI is InChI=1S/C40H28N.Ir/c1-3-21-38-29(11-1)13-7-18-36(38)28-34-12-2-4-22-39(34)35-19-9-16-32(26-35)30-14-8-15-31(25-30)33-17-10-20-37(27-33)40-23-5-6-24-41-40;/h1-19,21-27H,28H2;/q-1;. The smallest absolute Gasteiger partial charge is 0.0160 e. The molecule has 6 aromatic carbocycles. The molecule has 1 aromatic heterocycles. The molecule has 1 nitrogen and oxygen atoms in total. The first-order chi connectivity index (χ1) is 20.3. The molecule has 0 atom stereocenters. The fourth-order valence-corrected chi connectivity index (χ4v) is 5.67. The maximum atomic E-state index is 4.50. The Morgan fingerprint density at radius 3 is 1.93 bits per heavy atom. The zero-order chi connectivity index (χ0) is 27.4. The number of pyridine rings is 1. The average molecular weight is 715 g/mol. The predicted octanol–water partition coefficient (Wildman–Crippen LogP) is 10.3. The van der Waals surface area contributed by atoms with E-state index in [9.17, 15) is 0 Å². The van der Waals surface area contributed by atoms with Gasteiger partial charge in [0.05, 0.1) is 0 Å². The summed E-state index contributed by atoms with van der Waals surface area (Å²) in [7, 11) is 0. The quantitative estimate of drug-likeness (QED) is 0.156. The molecule has 0 fully saturated rings. The van der Waals surface area contributed by atoms with Gasteiger partial charge >= 0.3 is 0 Å². The minimum atomic E-state index is 0. The van der Waals surface area contributed by atoms with E-state index in [0.717, 1.165) is 23.2 Å². The summed E-state index contributed by atoms with van der Waals surface area (Å²) in [6.07, 6.45) is 2.71. The second-order valence-corrected chi connectivity index (χ2v) is 10.3. The molecule has 1 heterocycles. The molecule has 0 amide bonds. The van der Waals surface area contributed by atoms with Gasteiger partial charge < -0.3 is 4.98 Å². The van der Waals surface area contributed by atoms with Gasteiger partial charge in [-0.25, -0.2) is 0 Å². The summed E-state index contributed by atoms with van der Waals surface area (Å²) in [5.74, 6) is 0. The maximum absolute atomic E-state index is 4.50. The second kappa shape index (κ2) is 12.5.